The summed E-state index contributed by atoms with van der Waals surface area (Å²) in [6.07, 6.45) is 2.31. The Bertz CT molecular complexity index is 1310. The number of aliphatic carboxylic acids is 1. The van der Waals surface area contributed by atoms with Crippen LogP contribution in [0.1, 0.15) is 60.2 Å². The number of carbonyl (C=O) groups excluding carboxylic acids is 1. The second-order valence-electron chi connectivity index (χ2n) is 9.77. The van der Waals surface area contributed by atoms with E-state index in [1.54, 1.807) is 12.1 Å². The molecule has 4 aromatic rings. The van der Waals surface area contributed by atoms with Gasteiger partial charge in [-0.2, -0.15) is 0 Å². The van der Waals surface area contributed by atoms with Crippen LogP contribution in [0.2, 0.25) is 0 Å². The van der Waals surface area contributed by atoms with Gasteiger partial charge in [0.15, 0.2) is 5.78 Å². The molecule has 0 heterocycles. The van der Waals surface area contributed by atoms with E-state index >= 15 is 0 Å². The van der Waals surface area contributed by atoms with Crippen molar-refractivity contribution in [3.63, 3.8) is 0 Å². The molecule has 202 valence electrons. The molecule has 0 bridgehead atoms. The van der Waals surface area contributed by atoms with Crippen LogP contribution in [0, 0.1) is 12.8 Å². The molecule has 0 aliphatic rings. The summed E-state index contributed by atoms with van der Waals surface area (Å²) in [5.74, 6) is -0.994. The molecule has 39 heavy (non-hydrogen) atoms. The average molecular weight is 523 g/mol. The van der Waals surface area contributed by atoms with Crippen molar-refractivity contribution in [1.82, 2.24) is 0 Å². The van der Waals surface area contributed by atoms with Crippen molar-refractivity contribution in [3.05, 3.63) is 125 Å². The van der Waals surface area contributed by atoms with Gasteiger partial charge in [-0.05, 0) is 54.2 Å². The summed E-state index contributed by atoms with van der Waals surface area (Å²) in [6, 6.07) is 33.2. The lowest BCUT2D eigenvalue weighted by atomic mass is 9.91. The number of Topliss-reactive ketones (excluding diaryl/α,β-unsaturated/α-hetero) is 1. The number of aryl methyl sites for hydroxylation is 2. The summed E-state index contributed by atoms with van der Waals surface area (Å²) in [4.78, 5) is 24.6. The van der Waals surface area contributed by atoms with Gasteiger partial charge in [-0.3, -0.25) is 9.59 Å². The topological polar surface area (TPSA) is 63.6 Å². The van der Waals surface area contributed by atoms with E-state index in [0.717, 1.165) is 33.6 Å². The molecular formula is C35H38O4. The summed E-state index contributed by atoms with van der Waals surface area (Å²) >= 11 is 0. The fraction of sp³-hybridized carbons (Fsp3) is 0.257. The Morgan fingerprint density at radius 2 is 1.36 bits per heavy atom. The van der Waals surface area contributed by atoms with Crippen LogP contribution in [-0.2, 0) is 17.8 Å². The van der Waals surface area contributed by atoms with Gasteiger partial charge in [0.25, 0.3) is 0 Å². The lowest BCUT2D eigenvalue weighted by molar-refractivity contribution is -0.141. The van der Waals surface area contributed by atoms with E-state index in [4.69, 9.17) is 4.74 Å². The van der Waals surface area contributed by atoms with Gasteiger partial charge in [-0.1, -0.05) is 117 Å². The highest BCUT2D eigenvalue weighted by molar-refractivity contribution is 5.98. The summed E-state index contributed by atoms with van der Waals surface area (Å²) in [6.45, 7) is 6.78. The molecule has 4 rings (SSSR count). The van der Waals surface area contributed by atoms with Crippen molar-refractivity contribution in [1.29, 1.82) is 0 Å². The van der Waals surface area contributed by atoms with E-state index < -0.39 is 11.9 Å². The smallest absolute Gasteiger partial charge is 0.306 e. The number of ether oxygens (including phenoxy) is 1. The van der Waals surface area contributed by atoms with Crippen LogP contribution in [-0.4, -0.2) is 16.9 Å². The minimum absolute atomic E-state index is 0.00601. The number of carbonyl (C=O) groups is 2. The van der Waals surface area contributed by atoms with Crippen molar-refractivity contribution in [2.75, 3.05) is 0 Å². The number of benzene rings is 4. The first-order chi connectivity index (χ1) is 18.9. The van der Waals surface area contributed by atoms with Gasteiger partial charge < -0.3 is 9.84 Å². The molecule has 0 fully saturated rings. The summed E-state index contributed by atoms with van der Waals surface area (Å²) < 4.78 is 5.85. The Labute approximate surface area is 232 Å². The number of hydrogen-bond acceptors (Lipinski definition) is 3. The molecule has 0 amide bonds. The highest BCUT2D eigenvalue weighted by Gasteiger charge is 2.22. The zero-order chi connectivity index (χ0) is 28.0. The van der Waals surface area contributed by atoms with E-state index in [9.17, 15) is 14.7 Å². The maximum Gasteiger partial charge on any atom is 0.306 e. The molecule has 0 aromatic heterocycles. The van der Waals surface area contributed by atoms with Crippen LogP contribution < -0.4 is 4.74 Å². The largest absolute Gasteiger partial charge is 0.489 e. The van der Waals surface area contributed by atoms with Gasteiger partial charge in [0, 0.05) is 12.0 Å². The second-order valence-corrected chi connectivity index (χ2v) is 9.77. The minimum Gasteiger partial charge on any atom is -0.489 e. The van der Waals surface area contributed by atoms with E-state index in [-0.39, 0.29) is 12.2 Å². The highest BCUT2D eigenvalue weighted by Crippen LogP contribution is 2.25. The van der Waals surface area contributed by atoms with Crippen LogP contribution in [0.25, 0.3) is 11.1 Å². The van der Waals surface area contributed by atoms with Gasteiger partial charge in [-0.15, -0.1) is 0 Å². The molecular weight excluding hydrogens is 484 g/mol. The van der Waals surface area contributed by atoms with Crippen molar-refractivity contribution >= 4 is 11.8 Å². The van der Waals surface area contributed by atoms with Gasteiger partial charge in [0.1, 0.15) is 12.4 Å². The number of carboxylic acid groups (broad SMARTS) is 1. The first-order valence-corrected chi connectivity index (χ1v) is 13.6. The van der Waals surface area contributed by atoms with Crippen LogP contribution in [0.3, 0.4) is 0 Å². The highest BCUT2D eigenvalue weighted by atomic mass is 16.5. The van der Waals surface area contributed by atoms with Crippen LogP contribution >= 0.6 is 0 Å². The predicted molar refractivity (Wildman–Crippen MR) is 158 cm³/mol. The third-order valence-electron chi connectivity index (χ3n) is 6.29. The Kier molecular flexibility index (Phi) is 11.5. The van der Waals surface area contributed by atoms with Crippen molar-refractivity contribution in [3.8, 4) is 16.9 Å². The number of rotatable bonds is 11. The van der Waals surface area contributed by atoms with Crippen LogP contribution in [0.5, 0.6) is 5.75 Å². The molecule has 4 nitrogen and oxygen atoms in total. The standard InChI is InChI=1S/C32H30O4.C3H8/c1-23-6-5-9-24(20-23)10-11-29(32(34)35)21-31(33)28-14-12-26(13-15-28)27-16-18-30(19-17-27)36-22-25-7-3-2-4-8-25;1-3-2/h2-9,12-20,29H,10-11,21-22H2,1H3,(H,34,35);3H2,1-2H3. The molecule has 4 heteroatoms. The number of carboxylic acids is 1. The Balaban J connectivity index is 0.00000134. The zero-order valence-corrected chi connectivity index (χ0v) is 23.1. The Hall–Kier alpha value is -4.18. The molecule has 1 N–H and O–H groups in total. The lowest BCUT2D eigenvalue weighted by Crippen LogP contribution is -2.19. The van der Waals surface area contributed by atoms with Crippen LogP contribution in [0.4, 0.5) is 0 Å². The predicted octanol–water partition coefficient (Wildman–Crippen LogP) is 8.56. The maximum atomic E-state index is 12.8. The fourth-order valence-corrected chi connectivity index (χ4v) is 4.20. The minimum atomic E-state index is -0.929. The quantitative estimate of drug-likeness (QED) is 0.200. The van der Waals surface area contributed by atoms with Crippen molar-refractivity contribution in [2.24, 2.45) is 5.92 Å². The van der Waals surface area contributed by atoms with E-state index in [1.165, 1.54) is 6.42 Å². The maximum absolute atomic E-state index is 12.8. The Morgan fingerprint density at radius 3 is 1.95 bits per heavy atom. The lowest BCUT2D eigenvalue weighted by Gasteiger charge is -2.12. The molecule has 0 saturated carbocycles. The third kappa shape index (κ3) is 9.57. The molecule has 0 radical (unpaired) electrons. The van der Waals surface area contributed by atoms with E-state index in [0.29, 0.717) is 25.0 Å². The van der Waals surface area contributed by atoms with Crippen molar-refractivity contribution < 1.29 is 19.4 Å². The molecule has 1 atom stereocenters. The SMILES string of the molecule is CCC.Cc1cccc(CCC(CC(=O)c2ccc(-c3ccc(OCc4ccccc4)cc3)cc2)C(=O)O)c1. The van der Waals surface area contributed by atoms with Gasteiger partial charge in [0.05, 0.1) is 5.92 Å². The number of ketones is 1. The monoisotopic (exact) mass is 522 g/mol. The van der Waals surface area contributed by atoms with Gasteiger partial charge in [0.2, 0.25) is 0 Å². The molecule has 4 aromatic carbocycles. The summed E-state index contributed by atoms with van der Waals surface area (Å²) in [7, 11) is 0. The summed E-state index contributed by atoms with van der Waals surface area (Å²) in [5.41, 5.74) is 5.88. The molecule has 0 aliphatic heterocycles. The molecule has 1 unspecified atom stereocenters. The third-order valence-corrected chi connectivity index (χ3v) is 6.29. The first kappa shape index (κ1) is 29.4. The second kappa shape index (κ2) is 15.3. The van der Waals surface area contributed by atoms with E-state index in [1.807, 2.05) is 91.9 Å². The van der Waals surface area contributed by atoms with Gasteiger partial charge >= 0.3 is 5.97 Å². The average Bonchev–Trinajstić information content (AvgIpc) is 2.95. The Morgan fingerprint density at radius 1 is 0.769 bits per heavy atom. The summed E-state index contributed by atoms with van der Waals surface area (Å²) in [5, 5.41) is 9.66. The molecule has 0 saturated heterocycles. The van der Waals surface area contributed by atoms with Crippen LogP contribution in [0.15, 0.2) is 103 Å². The number of hydrogen-bond donors (Lipinski definition) is 1. The molecule has 0 spiro atoms. The van der Waals surface area contributed by atoms with E-state index in [2.05, 4.69) is 19.9 Å². The normalized spacial score (nSPS) is 11.2. The first-order valence-electron chi connectivity index (χ1n) is 13.6. The fourth-order valence-electron chi connectivity index (χ4n) is 4.20. The molecule has 0 aliphatic carbocycles. The zero-order valence-electron chi connectivity index (χ0n) is 23.1. The van der Waals surface area contributed by atoms with Gasteiger partial charge in [-0.25, -0.2) is 0 Å². The van der Waals surface area contributed by atoms with Crippen molar-refractivity contribution in [2.45, 2.75) is 53.1 Å².